The van der Waals surface area contributed by atoms with Crippen molar-refractivity contribution >= 4 is 46.1 Å². The van der Waals surface area contributed by atoms with E-state index in [1.54, 1.807) is 36.1 Å². The minimum Gasteiger partial charge on any atom is -0.495 e. The second-order valence-corrected chi connectivity index (χ2v) is 10.6. The van der Waals surface area contributed by atoms with Crippen LogP contribution in [0.3, 0.4) is 0 Å². The van der Waals surface area contributed by atoms with E-state index >= 15 is 0 Å². The van der Waals surface area contributed by atoms with E-state index in [0.717, 1.165) is 28.1 Å². The van der Waals surface area contributed by atoms with Gasteiger partial charge in [0.15, 0.2) is 5.82 Å². The molecule has 6 aromatic rings. The maximum absolute atomic E-state index is 13.3. The molecule has 0 radical (unpaired) electrons. The lowest BCUT2D eigenvalue weighted by atomic mass is 10.1. The number of benzene rings is 3. The lowest BCUT2D eigenvalue weighted by Crippen LogP contribution is -2.23. The fraction of sp³-hybridized carbons (Fsp3) is 0.0625. The molecule has 0 saturated heterocycles. The van der Waals surface area contributed by atoms with Crippen LogP contribution in [0.2, 0.25) is 5.02 Å². The Morgan fingerprint density at radius 2 is 1.83 bits per heavy atom. The Morgan fingerprint density at radius 1 is 1.02 bits per heavy atom. The van der Waals surface area contributed by atoms with Crippen LogP contribution in [0, 0.1) is 0 Å². The van der Waals surface area contributed by atoms with Crippen molar-refractivity contribution in [3.05, 3.63) is 129 Å². The Kier molecular flexibility index (Phi) is 7.68. The molecule has 42 heavy (non-hydrogen) atoms. The van der Waals surface area contributed by atoms with Gasteiger partial charge in [-0.25, -0.2) is 4.68 Å². The number of fused-ring (bicyclic) bond motifs is 1. The second-order valence-electron chi connectivity index (χ2n) is 9.14. The highest BCUT2D eigenvalue weighted by Crippen LogP contribution is 2.32. The van der Waals surface area contributed by atoms with E-state index in [-0.39, 0.29) is 5.56 Å². The molecule has 0 aliphatic heterocycles. The van der Waals surface area contributed by atoms with Gasteiger partial charge < -0.3 is 9.47 Å². The third-order valence-electron chi connectivity index (χ3n) is 6.35. The largest absolute Gasteiger partial charge is 0.495 e. The summed E-state index contributed by atoms with van der Waals surface area (Å²) < 4.78 is 14.4. The number of nitrogens with zero attached hydrogens (tertiary/aromatic N) is 5. The molecule has 0 bridgehead atoms. The molecule has 8 nitrogen and oxygen atoms in total. The summed E-state index contributed by atoms with van der Waals surface area (Å²) in [5.41, 5.74) is 3.81. The van der Waals surface area contributed by atoms with Crippen molar-refractivity contribution in [1.82, 2.24) is 24.4 Å². The number of ether oxygens (including phenoxy) is 2. The van der Waals surface area contributed by atoms with Crippen LogP contribution in [0.1, 0.15) is 17.0 Å². The van der Waals surface area contributed by atoms with Crippen LogP contribution in [0.5, 0.6) is 11.5 Å². The van der Waals surface area contributed by atoms with Gasteiger partial charge in [-0.15, -0.1) is 5.10 Å². The van der Waals surface area contributed by atoms with Crippen LogP contribution in [0.15, 0.2) is 96.4 Å². The van der Waals surface area contributed by atoms with E-state index < -0.39 is 0 Å². The smallest absolute Gasteiger partial charge is 0.291 e. The predicted octanol–water partition coefficient (Wildman–Crippen LogP) is 5.95. The molecule has 0 N–H and O–H groups in total. The Labute approximate surface area is 250 Å². The number of para-hydroxylation sites is 1. The molecule has 0 fully saturated rings. The summed E-state index contributed by atoms with van der Waals surface area (Å²) in [5.74, 6) is 1.78. The van der Waals surface area contributed by atoms with Gasteiger partial charge >= 0.3 is 0 Å². The average Bonchev–Trinajstić information content (AvgIpc) is 3.70. The number of hydrogen-bond acceptors (Lipinski definition) is 7. The standard InChI is InChI=1S/C32H24ClN5O3S/c1-3-17-41-25-13-9-21(10-14-25)11-16-29-34-32-38(35-29)31(39)28(42-32)19-23-20-37(24-7-5-4-6-8-24)36-30(23)22-12-15-27(40-2)26(33)18-22/h3-16,18-20H,1,17H2,2H3/b16-11+,28-19-. The first-order valence-corrected chi connectivity index (χ1v) is 14.1. The van der Waals surface area contributed by atoms with Crippen LogP contribution < -0.4 is 19.6 Å². The summed E-state index contributed by atoms with van der Waals surface area (Å²) in [5, 5.41) is 9.72. The number of methoxy groups -OCH3 is 1. The van der Waals surface area contributed by atoms with E-state index in [4.69, 9.17) is 26.2 Å². The topological polar surface area (TPSA) is 83.5 Å². The van der Waals surface area contributed by atoms with Gasteiger partial charge in [-0.2, -0.15) is 14.6 Å². The maximum atomic E-state index is 13.3. The van der Waals surface area contributed by atoms with Crippen LogP contribution in [0.4, 0.5) is 0 Å². The van der Waals surface area contributed by atoms with Crippen molar-refractivity contribution in [1.29, 1.82) is 0 Å². The lowest BCUT2D eigenvalue weighted by molar-refractivity contribution is 0.363. The van der Waals surface area contributed by atoms with Gasteiger partial charge in [0.25, 0.3) is 5.56 Å². The van der Waals surface area contributed by atoms with E-state index in [9.17, 15) is 4.79 Å². The molecule has 0 unspecified atom stereocenters. The molecule has 0 aliphatic carbocycles. The van der Waals surface area contributed by atoms with Gasteiger partial charge in [0, 0.05) is 17.3 Å². The van der Waals surface area contributed by atoms with E-state index in [1.807, 2.05) is 79.0 Å². The van der Waals surface area contributed by atoms with Gasteiger partial charge in [0.1, 0.15) is 23.8 Å². The molecule has 0 aliphatic rings. The quantitative estimate of drug-likeness (QED) is 0.193. The number of hydrogen-bond donors (Lipinski definition) is 0. The Morgan fingerprint density at radius 3 is 2.55 bits per heavy atom. The highest BCUT2D eigenvalue weighted by Gasteiger charge is 2.15. The van der Waals surface area contributed by atoms with Crippen molar-refractivity contribution in [3.63, 3.8) is 0 Å². The maximum Gasteiger partial charge on any atom is 0.291 e. The molecule has 3 aromatic heterocycles. The average molecular weight is 594 g/mol. The fourth-order valence-corrected chi connectivity index (χ4v) is 5.47. The Bertz CT molecular complexity index is 2030. The van der Waals surface area contributed by atoms with Gasteiger partial charge in [-0.1, -0.05) is 72.0 Å². The summed E-state index contributed by atoms with van der Waals surface area (Å²) in [7, 11) is 1.57. The minimum absolute atomic E-state index is 0.253. The van der Waals surface area contributed by atoms with Crippen molar-refractivity contribution in [2.75, 3.05) is 13.7 Å². The first-order chi connectivity index (χ1) is 20.5. The second kappa shape index (κ2) is 11.9. The molecule has 0 saturated carbocycles. The molecular formula is C32H24ClN5O3S. The minimum atomic E-state index is -0.253. The summed E-state index contributed by atoms with van der Waals surface area (Å²) in [6.07, 6.45) is 9.07. The van der Waals surface area contributed by atoms with E-state index in [0.29, 0.717) is 38.4 Å². The van der Waals surface area contributed by atoms with Crippen molar-refractivity contribution in [2.24, 2.45) is 0 Å². The first-order valence-electron chi connectivity index (χ1n) is 12.9. The highest BCUT2D eigenvalue weighted by molar-refractivity contribution is 7.15. The summed E-state index contributed by atoms with van der Waals surface area (Å²) in [6, 6.07) is 22.9. The molecule has 3 aromatic carbocycles. The van der Waals surface area contributed by atoms with Gasteiger partial charge in [0.2, 0.25) is 4.96 Å². The monoisotopic (exact) mass is 593 g/mol. The van der Waals surface area contributed by atoms with Crippen LogP contribution >= 0.6 is 22.9 Å². The van der Waals surface area contributed by atoms with E-state index in [1.165, 1.54) is 15.9 Å². The fourth-order valence-electron chi connectivity index (χ4n) is 4.31. The molecule has 10 heteroatoms. The number of aromatic nitrogens is 5. The summed E-state index contributed by atoms with van der Waals surface area (Å²) >= 11 is 7.70. The zero-order valence-corrected chi connectivity index (χ0v) is 24.0. The van der Waals surface area contributed by atoms with Gasteiger partial charge in [0.05, 0.1) is 22.4 Å². The lowest BCUT2D eigenvalue weighted by Gasteiger charge is -2.05. The molecule has 0 amide bonds. The predicted molar refractivity (Wildman–Crippen MR) is 168 cm³/mol. The third-order valence-corrected chi connectivity index (χ3v) is 7.60. The molecule has 6 rings (SSSR count). The molecule has 3 heterocycles. The van der Waals surface area contributed by atoms with Crippen molar-refractivity contribution < 1.29 is 9.47 Å². The Balaban J connectivity index is 1.34. The number of thiazole rings is 1. The molecular weight excluding hydrogens is 570 g/mol. The Hall–Kier alpha value is -4.99. The number of rotatable bonds is 9. The third kappa shape index (κ3) is 5.60. The van der Waals surface area contributed by atoms with Crippen LogP contribution in [0.25, 0.3) is 40.1 Å². The van der Waals surface area contributed by atoms with Crippen LogP contribution in [-0.2, 0) is 0 Å². The molecule has 208 valence electrons. The summed E-state index contributed by atoms with van der Waals surface area (Å²) in [6.45, 7) is 4.10. The normalized spacial score (nSPS) is 11.9. The van der Waals surface area contributed by atoms with Gasteiger partial charge in [-0.05, 0) is 60.2 Å². The van der Waals surface area contributed by atoms with Gasteiger partial charge in [-0.3, -0.25) is 4.79 Å². The van der Waals surface area contributed by atoms with Crippen molar-refractivity contribution in [2.45, 2.75) is 0 Å². The SMILES string of the molecule is C=CCOc1ccc(/C=C/c2nc3s/c(=C\c4cn(-c5ccccc5)nc4-c4ccc(OC)c(Cl)c4)c(=O)n3n2)cc1. The zero-order chi connectivity index (χ0) is 29.1. The van der Waals surface area contributed by atoms with Crippen molar-refractivity contribution in [3.8, 4) is 28.4 Å². The molecule has 0 atom stereocenters. The first kappa shape index (κ1) is 27.2. The zero-order valence-electron chi connectivity index (χ0n) is 22.5. The van der Waals surface area contributed by atoms with E-state index in [2.05, 4.69) is 16.7 Å². The summed E-state index contributed by atoms with van der Waals surface area (Å²) in [4.78, 5) is 18.4. The molecule has 0 spiro atoms. The van der Waals surface area contributed by atoms with Crippen LogP contribution in [-0.4, -0.2) is 38.1 Å². The highest BCUT2D eigenvalue weighted by atomic mass is 35.5. The number of halogens is 1.